The molecule has 0 aliphatic rings. The van der Waals surface area contributed by atoms with E-state index in [1.807, 2.05) is 0 Å². The predicted octanol–water partition coefficient (Wildman–Crippen LogP) is -0.775. The lowest BCUT2D eigenvalue weighted by atomic mass is 10.7. The summed E-state index contributed by atoms with van der Waals surface area (Å²) < 4.78 is 9.60. The average Bonchev–Trinajstić information content (AvgIpc) is 1.96. The van der Waals surface area contributed by atoms with Gasteiger partial charge in [0, 0.05) is 6.54 Å². The summed E-state index contributed by atoms with van der Waals surface area (Å²) in [5.74, 6) is -0.969. The molecule has 6 N–H and O–H groups in total. The van der Waals surface area contributed by atoms with Crippen molar-refractivity contribution >= 4 is 5.97 Å². The van der Waals surface area contributed by atoms with E-state index in [0.29, 0.717) is 26.4 Å². The van der Waals surface area contributed by atoms with Crippen molar-refractivity contribution in [3.63, 3.8) is 0 Å². The minimum absolute atomic E-state index is 0. The minimum atomic E-state index is -0.969. The van der Waals surface area contributed by atoms with Crippen LogP contribution in [0.2, 0.25) is 0 Å². The van der Waals surface area contributed by atoms with Gasteiger partial charge in [0.25, 0.3) is 0 Å². The predicted molar refractivity (Wildman–Crippen MR) is 43.4 cm³/mol. The molecule has 0 aliphatic carbocycles. The molecular formula is C6H16N2O4. The number of carboxylic acid groups (broad SMARTS) is 1. The third-order valence-electron chi connectivity index (χ3n) is 0.860. The number of ether oxygens (including phenoxy) is 2. The fourth-order valence-electron chi connectivity index (χ4n) is 0.463. The highest BCUT2D eigenvalue weighted by Gasteiger charge is 1.94. The van der Waals surface area contributed by atoms with Gasteiger partial charge in [-0.05, 0) is 0 Å². The van der Waals surface area contributed by atoms with Crippen LogP contribution in [-0.4, -0.2) is 44.0 Å². The van der Waals surface area contributed by atoms with E-state index in [1.54, 1.807) is 0 Å². The smallest absolute Gasteiger partial charge is 0.329 e. The van der Waals surface area contributed by atoms with Crippen LogP contribution in [0.3, 0.4) is 0 Å². The second-order valence-corrected chi connectivity index (χ2v) is 1.85. The van der Waals surface area contributed by atoms with Crippen molar-refractivity contribution in [2.45, 2.75) is 0 Å². The molecule has 74 valence electrons. The second-order valence-electron chi connectivity index (χ2n) is 1.85. The molecule has 0 aromatic rings. The summed E-state index contributed by atoms with van der Waals surface area (Å²) in [6.07, 6.45) is 0. The number of carboxylic acids is 1. The highest BCUT2D eigenvalue weighted by atomic mass is 16.5. The van der Waals surface area contributed by atoms with E-state index < -0.39 is 5.97 Å². The van der Waals surface area contributed by atoms with Crippen molar-refractivity contribution in [2.24, 2.45) is 5.73 Å². The Kier molecular flexibility index (Phi) is 11.9. The second kappa shape index (κ2) is 10.3. The minimum Gasteiger partial charge on any atom is -0.480 e. The molecule has 0 aromatic heterocycles. The number of rotatable bonds is 7. The lowest BCUT2D eigenvalue weighted by Crippen LogP contribution is -2.14. The molecule has 0 radical (unpaired) electrons. The zero-order valence-electron chi connectivity index (χ0n) is 6.99. The molecule has 0 amide bonds. The van der Waals surface area contributed by atoms with Crippen molar-refractivity contribution in [3.05, 3.63) is 0 Å². The Labute approximate surface area is 71.2 Å². The van der Waals surface area contributed by atoms with E-state index in [9.17, 15) is 4.79 Å². The molecule has 0 saturated heterocycles. The van der Waals surface area contributed by atoms with E-state index >= 15 is 0 Å². The van der Waals surface area contributed by atoms with Gasteiger partial charge in [0.15, 0.2) is 0 Å². The van der Waals surface area contributed by atoms with Gasteiger partial charge in [-0.15, -0.1) is 0 Å². The highest BCUT2D eigenvalue weighted by Crippen LogP contribution is 1.77. The summed E-state index contributed by atoms with van der Waals surface area (Å²) >= 11 is 0. The van der Waals surface area contributed by atoms with Crippen LogP contribution < -0.4 is 11.9 Å². The van der Waals surface area contributed by atoms with Crippen molar-refractivity contribution in [1.29, 1.82) is 0 Å². The standard InChI is InChI=1S/C6H13NO4.H3N/c7-1-2-10-3-4-11-5-6(8)9;/h1-5,7H2,(H,8,9);1H3. The first-order valence-corrected chi connectivity index (χ1v) is 3.34. The molecule has 0 unspecified atom stereocenters. The van der Waals surface area contributed by atoms with E-state index in [-0.39, 0.29) is 12.8 Å². The molecule has 6 heteroatoms. The quantitative estimate of drug-likeness (QED) is 0.443. The van der Waals surface area contributed by atoms with Crippen LogP contribution >= 0.6 is 0 Å². The lowest BCUT2D eigenvalue weighted by molar-refractivity contribution is -0.142. The monoisotopic (exact) mass is 180 g/mol. The zero-order chi connectivity index (χ0) is 8.53. The van der Waals surface area contributed by atoms with Gasteiger partial charge in [-0.1, -0.05) is 0 Å². The fraction of sp³-hybridized carbons (Fsp3) is 0.833. The average molecular weight is 180 g/mol. The highest BCUT2D eigenvalue weighted by molar-refractivity contribution is 5.67. The van der Waals surface area contributed by atoms with Gasteiger partial charge in [-0.25, -0.2) is 4.79 Å². The molecule has 0 saturated carbocycles. The van der Waals surface area contributed by atoms with Gasteiger partial charge in [-0.3, -0.25) is 0 Å². The van der Waals surface area contributed by atoms with Crippen LogP contribution in [0.15, 0.2) is 0 Å². The maximum atomic E-state index is 9.90. The maximum Gasteiger partial charge on any atom is 0.329 e. The molecule has 0 heterocycles. The van der Waals surface area contributed by atoms with Gasteiger partial charge in [0.05, 0.1) is 19.8 Å². The molecule has 0 bridgehead atoms. The van der Waals surface area contributed by atoms with Crippen molar-refractivity contribution < 1.29 is 19.4 Å². The first-order chi connectivity index (χ1) is 5.27. The zero-order valence-corrected chi connectivity index (χ0v) is 6.99. The van der Waals surface area contributed by atoms with Crippen LogP contribution in [0.25, 0.3) is 0 Å². The number of hydrogen-bond donors (Lipinski definition) is 3. The van der Waals surface area contributed by atoms with Crippen LogP contribution in [0, 0.1) is 0 Å². The summed E-state index contributed by atoms with van der Waals surface area (Å²) in [6, 6.07) is 0. The molecule has 0 atom stereocenters. The Balaban J connectivity index is 0. The fourth-order valence-corrected chi connectivity index (χ4v) is 0.463. The number of aliphatic carboxylic acids is 1. The summed E-state index contributed by atoms with van der Waals surface area (Å²) in [7, 11) is 0. The largest absolute Gasteiger partial charge is 0.480 e. The molecular weight excluding hydrogens is 164 g/mol. The molecule has 0 fully saturated rings. The van der Waals surface area contributed by atoms with Gasteiger partial charge in [0.2, 0.25) is 0 Å². The van der Waals surface area contributed by atoms with Crippen molar-refractivity contribution in [1.82, 2.24) is 6.15 Å². The summed E-state index contributed by atoms with van der Waals surface area (Å²) in [4.78, 5) is 9.90. The molecule has 0 aliphatic heterocycles. The molecule has 12 heavy (non-hydrogen) atoms. The van der Waals surface area contributed by atoms with Gasteiger partial charge in [0.1, 0.15) is 6.61 Å². The van der Waals surface area contributed by atoms with Crippen LogP contribution in [0.5, 0.6) is 0 Å². The Morgan fingerprint density at radius 2 is 1.83 bits per heavy atom. The number of hydrogen-bond acceptors (Lipinski definition) is 5. The van der Waals surface area contributed by atoms with Crippen LogP contribution in [0.4, 0.5) is 0 Å². The van der Waals surface area contributed by atoms with Crippen LogP contribution in [-0.2, 0) is 14.3 Å². The summed E-state index contributed by atoms with van der Waals surface area (Å²) in [5, 5.41) is 8.13. The van der Waals surface area contributed by atoms with Gasteiger partial charge >= 0.3 is 5.97 Å². The van der Waals surface area contributed by atoms with Crippen molar-refractivity contribution in [3.8, 4) is 0 Å². The molecule has 0 aromatic carbocycles. The Bertz CT molecular complexity index is 110. The first kappa shape index (κ1) is 13.9. The number of carbonyl (C=O) groups is 1. The molecule has 0 spiro atoms. The van der Waals surface area contributed by atoms with Gasteiger partial charge < -0.3 is 26.5 Å². The first-order valence-electron chi connectivity index (χ1n) is 3.34. The van der Waals surface area contributed by atoms with E-state index in [1.165, 1.54) is 0 Å². The Hall–Kier alpha value is -0.690. The Morgan fingerprint density at radius 3 is 2.33 bits per heavy atom. The summed E-state index contributed by atoms with van der Waals surface area (Å²) in [6.45, 7) is 1.37. The molecule has 0 rings (SSSR count). The van der Waals surface area contributed by atoms with E-state index in [0.717, 1.165) is 0 Å². The van der Waals surface area contributed by atoms with Gasteiger partial charge in [-0.2, -0.15) is 0 Å². The Morgan fingerprint density at radius 1 is 1.25 bits per heavy atom. The third kappa shape index (κ3) is 12.0. The number of nitrogens with two attached hydrogens (primary N) is 1. The third-order valence-corrected chi connectivity index (χ3v) is 0.860. The summed E-state index contributed by atoms with van der Waals surface area (Å²) in [5.41, 5.74) is 5.13. The maximum absolute atomic E-state index is 9.90. The lowest BCUT2D eigenvalue weighted by Gasteiger charge is -2.01. The normalized spacial score (nSPS) is 9.08. The molecule has 6 nitrogen and oxygen atoms in total. The van der Waals surface area contributed by atoms with Crippen LogP contribution in [0.1, 0.15) is 0 Å². The SMILES string of the molecule is N.NCCOCCOCC(=O)O. The topological polar surface area (TPSA) is 117 Å². The van der Waals surface area contributed by atoms with Crippen molar-refractivity contribution in [2.75, 3.05) is 33.0 Å². The van der Waals surface area contributed by atoms with E-state index in [4.69, 9.17) is 15.6 Å². The van der Waals surface area contributed by atoms with E-state index in [2.05, 4.69) is 4.74 Å².